The number of hydrogen-bond acceptors (Lipinski definition) is 4. The standard InChI is InChI=1S/C14H19N5OS/c1-3-11-4-6-12(7-5-11)17-13(20)15-8-9-21-14-16-10(2)18-19-14/h4-7H,3,8-9H2,1-2H3,(H2,15,17,20)(H,16,18,19). The van der Waals surface area contributed by atoms with Crippen molar-refractivity contribution in [1.29, 1.82) is 0 Å². The van der Waals surface area contributed by atoms with Crippen LogP contribution in [0.5, 0.6) is 0 Å². The predicted octanol–water partition coefficient (Wildman–Crippen LogP) is 2.59. The van der Waals surface area contributed by atoms with Crippen LogP contribution in [-0.4, -0.2) is 33.5 Å². The summed E-state index contributed by atoms with van der Waals surface area (Å²) in [5, 5.41) is 13.1. The fraction of sp³-hybridized carbons (Fsp3) is 0.357. The number of hydrogen-bond donors (Lipinski definition) is 3. The van der Waals surface area contributed by atoms with Crippen LogP contribution in [0.1, 0.15) is 18.3 Å². The second-order valence-corrected chi connectivity index (χ2v) is 5.55. The highest BCUT2D eigenvalue weighted by Crippen LogP contribution is 2.11. The zero-order chi connectivity index (χ0) is 15.1. The minimum absolute atomic E-state index is 0.203. The van der Waals surface area contributed by atoms with E-state index in [-0.39, 0.29) is 6.03 Å². The van der Waals surface area contributed by atoms with Gasteiger partial charge in [-0.05, 0) is 31.0 Å². The summed E-state index contributed by atoms with van der Waals surface area (Å²) >= 11 is 1.50. The maximum atomic E-state index is 11.7. The Morgan fingerprint density at radius 1 is 1.33 bits per heavy atom. The van der Waals surface area contributed by atoms with Gasteiger partial charge in [-0.2, -0.15) is 0 Å². The first-order valence-electron chi connectivity index (χ1n) is 6.83. The largest absolute Gasteiger partial charge is 0.337 e. The Balaban J connectivity index is 1.67. The molecule has 0 aliphatic rings. The third-order valence-electron chi connectivity index (χ3n) is 2.82. The van der Waals surface area contributed by atoms with Gasteiger partial charge in [0.1, 0.15) is 5.82 Å². The molecule has 1 aromatic carbocycles. The number of aryl methyl sites for hydroxylation is 2. The lowest BCUT2D eigenvalue weighted by atomic mass is 10.1. The first-order valence-corrected chi connectivity index (χ1v) is 7.81. The molecule has 0 fully saturated rings. The number of anilines is 1. The highest BCUT2D eigenvalue weighted by Gasteiger charge is 2.03. The van der Waals surface area contributed by atoms with E-state index < -0.39 is 0 Å². The van der Waals surface area contributed by atoms with Crippen LogP contribution >= 0.6 is 11.8 Å². The van der Waals surface area contributed by atoms with E-state index in [4.69, 9.17) is 0 Å². The third-order valence-corrected chi connectivity index (χ3v) is 3.66. The Kier molecular flexibility index (Phi) is 5.62. The molecular formula is C14H19N5OS. The van der Waals surface area contributed by atoms with Crippen LogP contribution < -0.4 is 10.6 Å². The molecule has 0 unspecified atom stereocenters. The van der Waals surface area contributed by atoms with E-state index in [0.717, 1.165) is 23.7 Å². The lowest BCUT2D eigenvalue weighted by Crippen LogP contribution is -2.30. The summed E-state index contributed by atoms with van der Waals surface area (Å²) in [6.45, 7) is 4.51. The first-order chi connectivity index (χ1) is 10.2. The Labute approximate surface area is 128 Å². The van der Waals surface area contributed by atoms with Crippen molar-refractivity contribution in [3.63, 3.8) is 0 Å². The van der Waals surface area contributed by atoms with Crippen LogP contribution in [-0.2, 0) is 6.42 Å². The molecule has 2 rings (SSSR count). The number of H-pyrrole nitrogens is 1. The zero-order valence-electron chi connectivity index (χ0n) is 12.1. The van der Waals surface area contributed by atoms with E-state index in [1.165, 1.54) is 17.3 Å². The summed E-state index contributed by atoms with van der Waals surface area (Å²) in [4.78, 5) is 15.9. The SMILES string of the molecule is CCc1ccc(NC(=O)NCCSc2n[nH]c(C)n2)cc1. The van der Waals surface area contributed by atoms with Crippen LogP contribution in [0.3, 0.4) is 0 Å². The van der Waals surface area contributed by atoms with Gasteiger partial charge >= 0.3 is 6.03 Å². The summed E-state index contributed by atoms with van der Waals surface area (Å²) in [6.07, 6.45) is 0.990. The molecule has 3 N–H and O–H groups in total. The predicted molar refractivity (Wildman–Crippen MR) is 84.7 cm³/mol. The molecule has 6 nitrogen and oxygen atoms in total. The molecule has 21 heavy (non-hydrogen) atoms. The minimum Gasteiger partial charge on any atom is -0.337 e. The molecule has 7 heteroatoms. The maximum Gasteiger partial charge on any atom is 0.319 e. The number of amides is 2. The zero-order valence-corrected chi connectivity index (χ0v) is 13.0. The van der Waals surface area contributed by atoms with Crippen LogP contribution in [0.15, 0.2) is 29.4 Å². The molecule has 2 amide bonds. The topological polar surface area (TPSA) is 82.7 Å². The van der Waals surface area contributed by atoms with E-state index in [9.17, 15) is 4.79 Å². The molecular weight excluding hydrogens is 286 g/mol. The summed E-state index contributed by atoms with van der Waals surface area (Å²) in [7, 11) is 0. The Bertz CT molecular complexity index is 581. The fourth-order valence-corrected chi connectivity index (χ4v) is 2.39. The molecule has 2 aromatic rings. The average Bonchev–Trinajstić information content (AvgIpc) is 2.90. The molecule has 0 saturated heterocycles. The fourth-order valence-electron chi connectivity index (χ4n) is 1.69. The number of rotatable bonds is 6. The van der Waals surface area contributed by atoms with Gasteiger partial charge in [0.15, 0.2) is 0 Å². The first kappa shape index (κ1) is 15.4. The van der Waals surface area contributed by atoms with Gasteiger partial charge in [0.05, 0.1) is 0 Å². The van der Waals surface area contributed by atoms with Crippen LogP contribution in [0.4, 0.5) is 10.5 Å². The Morgan fingerprint density at radius 3 is 2.71 bits per heavy atom. The van der Waals surface area contributed by atoms with Gasteiger partial charge in [0.25, 0.3) is 0 Å². The van der Waals surface area contributed by atoms with Gasteiger partial charge in [0.2, 0.25) is 5.16 Å². The quantitative estimate of drug-likeness (QED) is 0.566. The maximum absolute atomic E-state index is 11.7. The van der Waals surface area contributed by atoms with Gasteiger partial charge in [-0.25, -0.2) is 9.78 Å². The number of carbonyl (C=O) groups is 1. The van der Waals surface area contributed by atoms with Crippen molar-refractivity contribution in [2.45, 2.75) is 25.4 Å². The van der Waals surface area contributed by atoms with Crippen LogP contribution in [0.2, 0.25) is 0 Å². The number of nitrogens with one attached hydrogen (secondary N) is 3. The highest BCUT2D eigenvalue weighted by molar-refractivity contribution is 7.99. The number of thioether (sulfide) groups is 1. The monoisotopic (exact) mass is 305 g/mol. The third kappa shape index (κ3) is 5.11. The van der Waals surface area contributed by atoms with Crippen molar-refractivity contribution in [3.05, 3.63) is 35.7 Å². The Hall–Kier alpha value is -2.02. The van der Waals surface area contributed by atoms with Crippen molar-refractivity contribution < 1.29 is 4.79 Å². The van der Waals surface area contributed by atoms with E-state index in [1.54, 1.807) is 0 Å². The lowest BCUT2D eigenvalue weighted by Gasteiger charge is -2.07. The molecule has 112 valence electrons. The van der Waals surface area contributed by atoms with E-state index in [1.807, 2.05) is 31.2 Å². The molecule has 0 bridgehead atoms. The van der Waals surface area contributed by atoms with Crippen molar-refractivity contribution in [3.8, 4) is 0 Å². The van der Waals surface area contributed by atoms with Crippen molar-refractivity contribution >= 4 is 23.5 Å². The highest BCUT2D eigenvalue weighted by atomic mass is 32.2. The van der Waals surface area contributed by atoms with E-state index in [2.05, 4.69) is 32.7 Å². The Morgan fingerprint density at radius 2 is 2.10 bits per heavy atom. The lowest BCUT2D eigenvalue weighted by molar-refractivity contribution is 0.252. The average molecular weight is 305 g/mol. The van der Waals surface area contributed by atoms with E-state index >= 15 is 0 Å². The van der Waals surface area contributed by atoms with Crippen molar-refractivity contribution in [2.24, 2.45) is 0 Å². The van der Waals surface area contributed by atoms with Crippen LogP contribution in [0.25, 0.3) is 0 Å². The molecule has 0 aliphatic carbocycles. The second kappa shape index (κ2) is 7.68. The van der Waals surface area contributed by atoms with Gasteiger partial charge in [-0.3, -0.25) is 5.10 Å². The summed E-state index contributed by atoms with van der Waals surface area (Å²) in [6, 6.07) is 7.63. The molecule has 0 aliphatic heterocycles. The molecule has 0 radical (unpaired) electrons. The van der Waals surface area contributed by atoms with Gasteiger partial charge < -0.3 is 10.6 Å². The number of carbonyl (C=O) groups excluding carboxylic acids is 1. The molecule has 1 aromatic heterocycles. The molecule has 0 spiro atoms. The van der Waals surface area contributed by atoms with E-state index in [0.29, 0.717) is 11.7 Å². The van der Waals surface area contributed by atoms with Crippen molar-refractivity contribution in [2.75, 3.05) is 17.6 Å². The normalized spacial score (nSPS) is 10.4. The van der Waals surface area contributed by atoms with Crippen molar-refractivity contribution in [1.82, 2.24) is 20.5 Å². The van der Waals surface area contributed by atoms with Gasteiger partial charge in [-0.1, -0.05) is 30.8 Å². The van der Waals surface area contributed by atoms with Gasteiger partial charge in [0, 0.05) is 18.0 Å². The molecule has 1 heterocycles. The summed E-state index contributed by atoms with van der Waals surface area (Å²) in [5.74, 6) is 1.51. The number of aromatic nitrogens is 3. The smallest absolute Gasteiger partial charge is 0.319 e. The number of urea groups is 1. The van der Waals surface area contributed by atoms with Gasteiger partial charge in [-0.15, -0.1) is 5.10 Å². The second-order valence-electron chi connectivity index (χ2n) is 4.48. The number of nitrogens with zero attached hydrogens (tertiary/aromatic N) is 2. The minimum atomic E-state index is -0.203. The number of aromatic amines is 1. The summed E-state index contributed by atoms with van der Waals surface area (Å²) < 4.78 is 0. The molecule has 0 saturated carbocycles. The number of benzene rings is 1. The summed E-state index contributed by atoms with van der Waals surface area (Å²) in [5.41, 5.74) is 2.04. The van der Waals surface area contributed by atoms with Crippen LogP contribution in [0, 0.1) is 6.92 Å². The molecule has 0 atom stereocenters.